The van der Waals surface area contributed by atoms with Crippen molar-refractivity contribution < 1.29 is 5.11 Å². The molecule has 0 aromatic carbocycles. The minimum atomic E-state index is 0.303. The number of aliphatic hydroxyl groups is 1. The first kappa shape index (κ1) is 12.0. The molecule has 2 unspecified atom stereocenters. The van der Waals surface area contributed by atoms with E-state index in [0.717, 1.165) is 5.92 Å². The van der Waals surface area contributed by atoms with Gasteiger partial charge in [0.05, 0.1) is 0 Å². The van der Waals surface area contributed by atoms with Crippen molar-refractivity contribution in [1.29, 1.82) is 0 Å². The number of nitrogens with zero attached hydrogens (tertiary/aromatic N) is 1. The number of aliphatic hydroxyl groups excluding tert-OH is 1. The highest BCUT2D eigenvalue weighted by Gasteiger charge is 2.38. The summed E-state index contributed by atoms with van der Waals surface area (Å²) in [5, 5.41) is 9.07. The van der Waals surface area contributed by atoms with Gasteiger partial charge in [0, 0.05) is 25.7 Å². The van der Waals surface area contributed by atoms with Crippen molar-refractivity contribution in [3.05, 3.63) is 0 Å². The highest BCUT2D eigenvalue weighted by Crippen LogP contribution is 2.35. The molecule has 14 heavy (non-hydrogen) atoms. The fraction of sp³-hybridized carbons (Fsp3) is 1.00. The van der Waals surface area contributed by atoms with Crippen LogP contribution in [0.2, 0.25) is 0 Å². The summed E-state index contributed by atoms with van der Waals surface area (Å²) < 4.78 is 0. The van der Waals surface area contributed by atoms with Gasteiger partial charge in [0.1, 0.15) is 0 Å². The average molecular weight is 199 g/mol. The lowest BCUT2D eigenvalue weighted by atomic mass is 9.75. The maximum absolute atomic E-state index is 9.07. The first-order valence-corrected chi connectivity index (χ1v) is 5.71. The van der Waals surface area contributed by atoms with E-state index < -0.39 is 0 Å². The molecule has 2 nitrogen and oxygen atoms in total. The Balaban J connectivity index is 2.34. The second-order valence-corrected chi connectivity index (χ2v) is 5.92. The second kappa shape index (κ2) is 4.19. The molecule has 1 aliphatic heterocycles. The Morgan fingerprint density at radius 2 is 1.79 bits per heavy atom. The van der Waals surface area contributed by atoms with Gasteiger partial charge >= 0.3 is 0 Å². The van der Waals surface area contributed by atoms with Crippen LogP contribution < -0.4 is 0 Å². The molecular weight excluding hydrogens is 174 g/mol. The summed E-state index contributed by atoms with van der Waals surface area (Å²) in [7, 11) is 0. The first-order chi connectivity index (χ1) is 6.36. The topological polar surface area (TPSA) is 23.5 Å². The zero-order valence-corrected chi connectivity index (χ0v) is 10.2. The molecule has 1 saturated heterocycles. The van der Waals surface area contributed by atoms with E-state index >= 15 is 0 Å². The van der Waals surface area contributed by atoms with Crippen LogP contribution in [0.1, 0.15) is 34.6 Å². The van der Waals surface area contributed by atoms with Crippen LogP contribution in [0.4, 0.5) is 0 Å². The van der Waals surface area contributed by atoms with Crippen LogP contribution in [-0.4, -0.2) is 35.7 Å². The van der Waals surface area contributed by atoms with Gasteiger partial charge in [-0.25, -0.2) is 0 Å². The lowest BCUT2D eigenvalue weighted by molar-refractivity contribution is -0.0239. The predicted octanol–water partition coefficient (Wildman–Crippen LogP) is 1.98. The van der Waals surface area contributed by atoms with Crippen molar-refractivity contribution >= 4 is 0 Å². The third-order valence-electron chi connectivity index (χ3n) is 3.82. The van der Waals surface area contributed by atoms with E-state index in [0.29, 0.717) is 24.0 Å². The van der Waals surface area contributed by atoms with Crippen molar-refractivity contribution in [2.45, 2.75) is 40.7 Å². The maximum Gasteiger partial charge on any atom is 0.0471 e. The Hall–Kier alpha value is -0.0800. The van der Waals surface area contributed by atoms with Gasteiger partial charge in [-0.1, -0.05) is 27.7 Å². The Morgan fingerprint density at radius 1 is 1.29 bits per heavy atom. The summed E-state index contributed by atoms with van der Waals surface area (Å²) in [6, 6.07) is 0.526. The van der Waals surface area contributed by atoms with Gasteiger partial charge in [0.2, 0.25) is 0 Å². The van der Waals surface area contributed by atoms with Crippen LogP contribution in [0, 0.1) is 17.3 Å². The monoisotopic (exact) mass is 199 g/mol. The van der Waals surface area contributed by atoms with Gasteiger partial charge in [0.15, 0.2) is 0 Å². The fourth-order valence-electron chi connectivity index (χ4n) is 1.91. The van der Waals surface area contributed by atoms with Crippen molar-refractivity contribution in [1.82, 2.24) is 4.90 Å². The van der Waals surface area contributed by atoms with E-state index in [9.17, 15) is 0 Å². The first-order valence-electron chi connectivity index (χ1n) is 5.71. The van der Waals surface area contributed by atoms with Crippen molar-refractivity contribution in [2.75, 3.05) is 19.7 Å². The van der Waals surface area contributed by atoms with E-state index in [1.165, 1.54) is 13.1 Å². The average Bonchev–Trinajstić information content (AvgIpc) is 1.97. The summed E-state index contributed by atoms with van der Waals surface area (Å²) in [5.74, 6) is 1.23. The van der Waals surface area contributed by atoms with Crippen LogP contribution in [-0.2, 0) is 0 Å². The molecule has 1 rings (SSSR count). The molecule has 0 radical (unpaired) electrons. The lowest BCUT2D eigenvalue weighted by Gasteiger charge is -2.50. The molecule has 1 N–H and O–H groups in total. The quantitative estimate of drug-likeness (QED) is 0.751. The Labute approximate surface area is 88.3 Å². The largest absolute Gasteiger partial charge is 0.396 e. The van der Waals surface area contributed by atoms with Gasteiger partial charge in [-0.3, -0.25) is 4.90 Å². The van der Waals surface area contributed by atoms with E-state index in [2.05, 4.69) is 39.5 Å². The molecule has 1 heterocycles. The molecule has 0 bridgehead atoms. The van der Waals surface area contributed by atoms with E-state index in [1.54, 1.807) is 0 Å². The molecule has 0 spiro atoms. The molecular formula is C12H25NO. The summed E-state index contributed by atoms with van der Waals surface area (Å²) >= 11 is 0. The second-order valence-electron chi connectivity index (χ2n) is 5.92. The summed E-state index contributed by atoms with van der Waals surface area (Å²) in [5.41, 5.74) is 0.443. The van der Waals surface area contributed by atoms with E-state index in [4.69, 9.17) is 5.11 Å². The van der Waals surface area contributed by atoms with Gasteiger partial charge in [-0.2, -0.15) is 0 Å². The minimum absolute atomic E-state index is 0.303. The van der Waals surface area contributed by atoms with E-state index in [-0.39, 0.29) is 0 Å². The molecule has 0 aliphatic carbocycles. The van der Waals surface area contributed by atoms with Gasteiger partial charge in [-0.05, 0) is 24.2 Å². The lowest BCUT2D eigenvalue weighted by Crippen LogP contribution is -2.57. The minimum Gasteiger partial charge on any atom is -0.396 e. The molecule has 2 atom stereocenters. The summed E-state index contributed by atoms with van der Waals surface area (Å²) in [6.07, 6.45) is 0. The Bertz CT molecular complexity index is 179. The molecule has 1 fully saturated rings. The van der Waals surface area contributed by atoms with Crippen LogP contribution in [0.15, 0.2) is 0 Å². The molecule has 0 amide bonds. The fourth-order valence-corrected chi connectivity index (χ4v) is 1.91. The van der Waals surface area contributed by atoms with Crippen molar-refractivity contribution in [3.63, 3.8) is 0 Å². The van der Waals surface area contributed by atoms with Crippen molar-refractivity contribution in [3.8, 4) is 0 Å². The summed E-state index contributed by atoms with van der Waals surface area (Å²) in [6.45, 7) is 14.0. The van der Waals surface area contributed by atoms with Crippen LogP contribution in [0.5, 0.6) is 0 Å². The highest BCUT2D eigenvalue weighted by atomic mass is 16.3. The molecule has 84 valence electrons. The third-order valence-corrected chi connectivity index (χ3v) is 3.82. The zero-order valence-electron chi connectivity index (χ0n) is 10.2. The third kappa shape index (κ3) is 2.48. The molecule has 2 heteroatoms. The van der Waals surface area contributed by atoms with Gasteiger partial charge in [-0.15, -0.1) is 0 Å². The molecule has 1 aliphatic rings. The Kier molecular flexibility index (Phi) is 3.59. The van der Waals surface area contributed by atoms with E-state index in [1.807, 2.05) is 0 Å². The van der Waals surface area contributed by atoms with Crippen molar-refractivity contribution in [2.24, 2.45) is 17.3 Å². The molecule has 0 saturated carbocycles. The smallest absolute Gasteiger partial charge is 0.0471 e. The van der Waals surface area contributed by atoms with Crippen LogP contribution in [0.3, 0.4) is 0 Å². The standard InChI is InChI=1S/C12H25NO/c1-9(8-14)10(2)13-6-11(7-13)12(3,4)5/h9-11,14H,6-8H2,1-5H3. The van der Waals surface area contributed by atoms with Crippen LogP contribution >= 0.6 is 0 Å². The number of hydrogen-bond acceptors (Lipinski definition) is 2. The highest BCUT2D eigenvalue weighted by molar-refractivity contribution is 4.91. The number of hydrogen-bond donors (Lipinski definition) is 1. The maximum atomic E-state index is 9.07. The molecule has 0 aromatic rings. The number of likely N-dealkylation sites (tertiary alicyclic amines) is 1. The summed E-state index contributed by atoms with van der Waals surface area (Å²) in [4.78, 5) is 2.48. The normalized spacial score (nSPS) is 24.4. The Morgan fingerprint density at radius 3 is 2.14 bits per heavy atom. The number of rotatable bonds is 3. The SMILES string of the molecule is CC(CO)C(C)N1CC(C(C)(C)C)C1. The molecule has 0 aromatic heterocycles. The van der Waals surface area contributed by atoms with Crippen LogP contribution in [0.25, 0.3) is 0 Å². The predicted molar refractivity (Wildman–Crippen MR) is 60.2 cm³/mol. The van der Waals surface area contributed by atoms with Gasteiger partial charge < -0.3 is 5.11 Å². The zero-order chi connectivity index (χ0) is 10.9. The van der Waals surface area contributed by atoms with Gasteiger partial charge in [0.25, 0.3) is 0 Å².